The lowest BCUT2D eigenvalue weighted by molar-refractivity contribution is -0.130. The zero-order chi connectivity index (χ0) is 19.7. The number of hydrogen-bond acceptors (Lipinski definition) is 7. The number of hydrogen-bond donors (Lipinski definition) is 1. The highest BCUT2D eigenvalue weighted by Gasteiger charge is 2.34. The molecule has 1 N–H and O–H groups in total. The lowest BCUT2D eigenvalue weighted by Crippen LogP contribution is -2.36. The smallest absolute Gasteiger partial charge is 0.222 e. The monoisotopic (exact) mass is 385 g/mol. The van der Waals surface area contributed by atoms with Gasteiger partial charge in [-0.1, -0.05) is 0 Å². The second-order valence-electron chi connectivity index (χ2n) is 7.72. The number of benzene rings is 1. The predicted octanol–water partition coefficient (Wildman–Crippen LogP) is 0.742. The third kappa shape index (κ3) is 3.74. The maximum atomic E-state index is 12.1. The van der Waals surface area contributed by atoms with Gasteiger partial charge in [0.2, 0.25) is 5.91 Å². The molecule has 4 rings (SSSR count). The van der Waals surface area contributed by atoms with Crippen molar-refractivity contribution in [3.63, 3.8) is 0 Å². The Kier molecular flexibility index (Phi) is 5.32. The minimum absolute atomic E-state index is 0.0352. The van der Waals surface area contributed by atoms with Crippen LogP contribution in [0.1, 0.15) is 6.42 Å². The molecule has 0 aliphatic carbocycles. The van der Waals surface area contributed by atoms with E-state index in [1.54, 1.807) is 25.3 Å². The molecule has 0 saturated carbocycles. The minimum Gasteiger partial charge on any atom is -0.391 e. The molecule has 0 spiro atoms. The van der Waals surface area contributed by atoms with E-state index in [0.29, 0.717) is 19.5 Å². The van der Waals surface area contributed by atoms with Crippen LogP contribution in [0.5, 0.6) is 0 Å². The molecule has 0 radical (unpaired) electrons. The van der Waals surface area contributed by atoms with Crippen molar-refractivity contribution in [1.29, 1.82) is 0 Å². The van der Waals surface area contributed by atoms with Crippen LogP contribution in [0.2, 0.25) is 0 Å². The van der Waals surface area contributed by atoms with Gasteiger partial charge in [0.1, 0.15) is 12.1 Å². The zero-order valence-corrected chi connectivity index (χ0v) is 16.4. The first-order valence-electron chi connectivity index (χ1n) is 9.73. The zero-order valence-electron chi connectivity index (χ0n) is 16.4. The summed E-state index contributed by atoms with van der Waals surface area (Å²) in [4.78, 5) is 27.0. The fourth-order valence-corrected chi connectivity index (χ4v) is 3.94. The van der Waals surface area contributed by atoms with Crippen molar-refractivity contribution in [3.8, 4) is 0 Å². The molecule has 2 saturated heterocycles. The maximum Gasteiger partial charge on any atom is 0.222 e. The van der Waals surface area contributed by atoms with Gasteiger partial charge in [-0.2, -0.15) is 0 Å². The number of morpholine rings is 1. The molecule has 0 unspecified atom stereocenters. The number of carbonyl (C=O) groups excluding carboxylic acids is 1. The number of carbonyl (C=O) groups is 1. The molecule has 2 atom stereocenters. The van der Waals surface area contributed by atoms with Crippen LogP contribution in [0.15, 0.2) is 24.5 Å². The van der Waals surface area contributed by atoms with Crippen LogP contribution in [-0.2, 0) is 9.53 Å². The molecule has 0 bridgehead atoms. The van der Waals surface area contributed by atoms with Crippen molar-refractivity contribution in [2.75, 3.05) is 63.3 Å². The highest BCUT2D eigenvalue weighted by atomic mass is 16.5. The number of aliphatic hydroxyl groups is 1. The second kappa shape index (κ2) is 7.89. The molecule has 2 fully saturated rings. The fraction of sp³-hybridized carbons (Fsp3) is 0.550. The minimum atomic E-state index is -0.545. The van der Waals surface area contributed by atoms with Crippen molar-refractivity contribution in [1.82, 2.24) is 14.9 Å². The van der Waals surface area contributed by atoms with Crippen molar-refractivity contribution < 1.29 is 14.6 Å². The molecule has 150 valence electrons. The molecule has 2 aliphatic rings. The summed E-state index contributed by atoms with van der Waals surface area (Å²) in [5.74, 6) is 0.759. The molecule has 28 heavy (non-hydrogen) atoms. The number of aliphatic hydroxyl groups excluding tert-OH is 1. The fourth-order valence-electron chi connectivity index (χ4n) is 3.94. The van der Waals surface area contributed by atoms with Gasteiger partial charge in [-0.3, -0.25) is 4.79 Å². The number of amides is 1. The number of rotatable bonds is 4. The number of ether oxygens (including phenoxy) is 1. The first-order valence-corrected chi connectivity index (χ1v) is 9.73. The summed E-state index contributed by atoms with van der Waals surface area (Å²) in [6, 6.07) is 6.23. The Morgan fingerprint density at radius 3 is 2.75 bits per heavy atom. The normalized spacial score (nSPS) is 22.7. The van der Waals surface area contributed by atoms with Crippen LogP contribution in [-0.4, -0.2) is 85.5 Å². The van der Waals surface area contributed by atoms with E-state index >= 15 is 0 Å². The highest BCUT2D eigenvalue weighted by molar-refractivity contribution is 5.92. The summed E-state index contributed by atoms with van der Waals surface area (Å²) >= 11 is 0. The average molecular weight is 385 g/mol. The van der Waals surface area contributed by atoms with E-state index < -0.39 is 6.10 Å². The Morgan fingerprint density at radius 1 is 1.21 bits per heavy atom. The van der Waals surface area contributed by atoms with Gasteiger partial charge >= 0.3 is 0 Å². The molecule has 2 aromatic rings. The second-order valence-corrected chi connectivity index (χ2v) is 7.72. The molecule has 8 nitrogen and oxygen atoms in total. The van der Waals surface area contributed by atoms with E-state index in [0.717, 1.165) is 48.7 Å². The summed E-state index contributed by atoms with van der Waals surface area (Å²) in [5.41, 5.74) is 2.01. The van der Waals surface area contributed by atoms with Crippen LogP contribution in [0.25, 0.3) is 10.9 Å². The van der Waals surface area contributed by atoms with Crippen LogP contribution in [0, 0.1) is 5.92 Å². The Balaban J connectivity index is 1.60. The van der Waals surface area contributed by atoms with Crippen LogP contribution >= 0.6 is 0 Å². The van der Waals surface area contributed by atoms with E-state index in [9.17, 15) is 9.90 Å². The van der Waals surface area contributed by atoms with Gasteiger partial charge in [0, 0.05) is 63.7 Å². The SMILES string of the molecule is CN(C)C(=O)C[C@@H]1CN(c2ncnc3ccc(N4CCOCC4)cc23)C[C@H]1O. The van der Waals surface area contributed by atoms with Gasteiger partial charge in [0.05, 0.1) is 24.8 Å². The predicted molar refractivity (Wildman–Crippen MR) is 108 cm³/mol. The third-order valence-corrected chi connectivity index (χ3v) is 5.62. The van der Waals surface area contributed by atoms with Crippen molar-refractivity contribution in [2.45, 2.75) is 12.5 Å². The van der Waals surface area contributed by atoms with E-state index in [2.05, 4.69) is 31.9 Å². The van der Waals surface area contributed by atoms with E-state index in [1.165, 1.54) is 0 Å². The van der Waals surface area contributed by atoms with Crippen molar-refractivity contribution in [2.24, 2.45) is 5.92 Å². The Bertz CT molecular complexity index is 853. The van der Waals surface area contributed by atoms with Gasteiger partial charge in [-0.25, -0.2) is 9.97 Å². The Morgan fingerprint density at radius 2 is 2.00 bits per heavy atom. The number of aromatic nitrogens is 2. The topological polar surface area (TPSA) is 82.0 Å². The van der Waals surface area contributed by atoms with Gasteiger partial charge in [-0.15, -0.1) is 0 Å². The molecule has 1 aromatic carbocycles. The summed E-state index contributed by atoms with van der Waals surface area (Å²) in [5, 5.41) is 11.5. The van der Waals surface area contributed by atoms with E-state index in [1.807, 2.05) is 6.07 Å². The van der Waals surface area contributed by atoms with E-state index in [4.69, 9.17) is 4.74 Å². The van der Waals surface area contributed by atoms with Gasteiger partial charge in [-0.05, 0) is 18.2 Å². The largest absolute Gasteiger partial charge is 0.391 e. The van der Waals surface area contributed by atoms with Crippen LogP contribution in [0.4, 0.5) is 11.5 Å². The van der Waals surface area contributed by atoms with E-state index in [-0.39, 0.29) is 11.8 Å². The lowest BCUT2D eigenvalue weighted by Gasteiger charge is -2.29. The number of fused-ring (bicyclic) bond motifs is 1. The van der Waals surface area contributed by atoms with Crippen molar-refractivity contribution in [3.05, 3.63) is 24.5 Å². The Hall–Kier alpha value is -2.45. The molecule has 8 heteroatoms. The molecule has 1 amide bonds. The number of nitrogens with zero attached hydrogens (tertiary/aromatic N) is 5. The first kappa shape index (κ1) is 18.9. The summed E-state index contributed by atoms with van der Waals surface area (Å²) < 4.78 is 5.45. The average Bonchev–Trinajstić information content (AvgIpc) is 3.07. The van der Waals surface area contributed by atoms with Gasteiger partial charge < -0.3 is 24.5 Å². The quantitative estimate of drug-likeness (QED) is 0.831. The standard InChI is InChI=1S/C20H27N5O3/c1-23(2)19(27)9-14-11-25(12-18(14)26)20-16-10-15(24-5-7-28-8-6-24)3-4-17(16)21-13-22-20/h3-4,10,13-14,18,26H,5-9,11-12H2,1-2H3/t14-,18-/m1/s1. The molecule has 2 aliphatic heterocycles. The molecular formula is C20H27N5O3. The van der Waals surface area contributed by atoms with Gasteiger partial charge in [0.25, 0.3) is 0 Å². The molecule has 1 aromatic heterocycles. The lowest BCUT2D eigenvalue weighted by atomic mass is 10.0. The van der Waals surface area contributed by atoms with Crippen molar-refractivity contribution >= 4 is 28.3 Å². The molecule has 3 heterocycles. The third-order valence-electron chi connectivity index (χ3n) is 5.62. The maximum absolute atomic E-state index is 12.1. The summed E-state index contributed by atoms with van der Waals surface area (Å²) in [6.07, 6.45) is 1.36. The molecular weight excluding hydrogens is 358 g/mol. The summed E-state index contributed by atoms with van der Waals surface area (Å²) in [6.45, 7) is 4.28. The van der Waals surface area contributed by atoms with Crippen LogP contribution in [0.3, 0.4) is 0 Å². The first-order chi connectivity index (χ1) is 13.5. The number of anilines is 2. The number of β-amino-alcohol motifs (C(OH)–C–C–N with tert-alkyl or cyclic N) is 1. The van der Waals surface area contributed by atoms with Crippen LogP contribution < -0.4 is 9.80 Å². The highest BCUT2D eigenvalue weighted by Crippen LogP contribution is 2.32. The van der Waals surface area contributed by atoms with Gasteiger partial charge in [0.15, 0.2) is 0 Å². The summed E-state index contributed by atoms with van der Waals surface area (Å²) in [7, 11) is 3.49. The Labute approximate surface area is 164 Å².